The molecule has 0 spiro atoms. The summed E-state index contributed by atoms with van der Waals surface area (Å²) in [6.45, 7) is 0.772. The molecule has 0 unspecified atom stereocenters. The number of methoxy groups -OCH3 is 1. The zero-order valence-electron chi connectivity index (χ0n) is 16.8. The quantitative estimate of drug-likeness (QED) is 0.614. The molecule has 160 valence electrons. The number of nitrogens with zero attached hydrogens (tertiary/aromatic N) is 5. The molecule has 0 aliphatic carbocycles. The normalized spacial score (nSPS) is 15.5. The number of fused-ring (bicyclic) bond motifs is 1. The van der Waals surface area contributed by atoms with Crippen molar-refractivity contribution < 1.29 is 13.9 Å². The van der Waals surface area contributed by atoms with Gasteiger partial charge in [-0.25, -0.2) is 9.78 Å². The van der Waals surface area contributed by atoms with E-state index in [2.05, 4.69) is 26.5 Å². The number of nitrogens with one attached hydrogen (secondary N) is 2. The Labute approximate surface area is 176 Å². The Morgan fingerprint density at radius 3 is 2.87 bits per heavy atom. The number of anilines is 2. The van der Waals surface area contributed by atoms with E-state index in [1.165, 1.54) is 25.6 Å². The highest BCUT2D eigenvalue weighted by Gasteiger charge is 2.40. The van der Waals surface area contributed by atoms with Gasteiger partial charge in [-0.2, -0.15) is 14.8 Å². The van der Waals surface area contributed by atoms with Crippen LogP contribution in [0.25, 0.3) is 10.9 Å². The molecule has 1 fully saturated rings. The summed E-state index contributed by atoms with van der Waals surface area (Å²) in [5.41, 5.74) is -0.145. The minimum absolute atomic E-state index is 0.148. The third-order valence-electron chi connectivity index (χ3n) is 5.58. The molecule has 1 aliphatic rings. The first kappa shape index (κ1) is 20.3. The van der Waals surface area contributed by atoms with E-state index in [4.69, 9.17) is 4.74 Å². The molecule has 0 bridgehead atoms. The van der Waals surface area contributed by atoms with Crippen LogP contribution in [0.2, 0.25) is 0 Å². The fourth-order valence-electron chi connectivity index (χ4n) is 3.99. The van der Waals surface area contributed by atoms with Gasteiger partial charge in [0.25, 0.3) is 5.56 Å². The maximum atomic E-state index is 13.5. The number of aromatic nitrogens is 4. The van der Waals surface area contributed by atoms with Gasteiger partial charge in [0.05, 0.1) is 30.7 Å². The van der Waals surface area contributed by atoms with Crippen molar-refractivity contribution in [3.05, 3.63) is 46.9 Å². The maximum absolute atomic E-state index is 13.5. The van der Waals surface area contributed by atoms with Crippen LogP contribution in [0.15, 0.2) is 35.4 Å². The number of likely N-dealkylation sites (tertiary alicyclic amines) is 1. The van der Waals surface area contributed by atoms with Gasteiger partial charge in [-0.15, -0.1) is 0 Å². The highest BCUT2D eigenvalue weighted by atomic mass is 19.1. The third kappa shape index (κ3) is 3.68. The Kier molecular flexibility index (Phi) is 5.29. The first-order valence-corrected chi connectivity index (χ1v) is 9.67. The number of pyridine rings is 2. The van der Waals surface area contributed by atoms with Gasteiger partial charge >= 0.3 is 6.09 Å². The van der Waals surface area contributed by atoms with Crippen LogP contribution in [-0.4, -0.2) is 50.9 Å². The lowest BCUT2D eigenvalue weighted by molar-refractivity contribution is 0.0794. The number of hydrogen-bond donors (Lipinski definition) is 2. The van der Waals surface area contributed by atoms with E-state index in [-0.39, 0.29) is 17.8 Å². The molecule has 31 heavy (non-hydrogen) atoms. The summed E-state index contributed by atoms with van der Waals surface area (Å²) in [6.07, 6.45) is 3.47. The summed E-state index contributed by atoms with van der Waals surface area (Å²) >= 11 is 0. The molecule has 0 atom stereocenters. The summed E-state index contributed by atoms with van der Waals surface area (Å²) in [7, 11) is 1.33. The average molecular weight is 425 g/mol. The van der Waals surface area contributed by atoms with Crippen LogP contribution < -0.4 is 10.9 Å². The van der Waals surface area contributed by atoms with Gasteiger partial charge in [-0.3, -0.25) is 9.48 Å². The summed E-state index contributed by atoms with van der Waals surface area (Å²) in [5.74, 6) is -0.422. The summed E-state index contributed by atoms with van der Waals surface area (Å²) in [4.78, 5) is 32.2. The second-order valence-electron chi connectivity index (χ2n) is 7.34. The van der Waals surface area contributed by atoms with Crippen molar-refractivity contribution in [3.63, 3.8) is 0 Å². The number of amides is 1. The van der Waals surface area contributed by atoms with Gasteiger partial charge in [0.2, 0.25) is 5.95 Å². The molecule has 2 N–H and O–H groups in total. The number of nitriles is 1. The van der Waals surface area contributed by atoms with Crippen LogP contribution >= 0.6 is 0 Å². The third-order valence-corrected chi connectivity index (χ3v) is 5.58. The number of carbonyl (C=O) groups is 1. The Hall–Kier alpha value is -3.94. The van der Waals surface area contributed by atoms with E-state index in [1.54, 1.807) is 21.7 Å². The van der Waals surface area contributed by atoms with E-state index < -0.39 is 17.6 Å². The number of H-pyrrole nitrogens is 1. The van der Waals surface area contributed by atoms with Crippen LogP contribution in [0.3, 0.4) is 0 Å². The number of aromatic amines is 1. The molecule has 11 heteroatoms. The fourth-order valence-corrected chi connectivity index (χ4v) is 3.99. The summed E-state index contributed by atoms with van der Waals surface area (Å²) in [6, 6.07) is 6.69. The maximum Gasteiger partial charge on any atom is 0.409 e. The van der Waals surface area contributed by atoms with Crippen LogP contribution in [0.4, 0.5) is 20.7 Å². The van der Waals surface area contributed by atoms with Gasteiger partial charge in [-0.05, 0) is 25.0 Å². The lowest BCUT2D eigenvalue weighted by atomic mass is 9.85. The van der Waals surface area contributed by atoms with Gasteiger partial charge in [-0.1, -0.05) is 0 Å². The molecular formula is C20H20FN7O3. The van der Waals surface area contributed by atoms with E-state index in [1.807, 2.05) is 0 Å². The Balaban J connectivity index is 1.79. The first-order valence-electron chi connectivity index (χ1n) is 9.67. The predicted molar refractivity (Wildman–Crippen MR) is 109 cm³/mol. The van der Waals surface area contributed by atoms with Crippen molar-refractivity contribution in [2.75, 3.05) is 25.5 Å². The predicted octanol–water partition coefficient (Wildman–Crippen LogP) is 2.47. The van der Waals surface area contributed by atoms with Gasteiger partial charge in [0, 0.05) is 37.2 Å². The Morgan fingerprint density at radius 2 is 2.19 bits per heavy atom. The van der Waals surface area contributed by atoms with Gasteiger partial charge in [0.1, 0.15) is 5.39 Å². The number of hydrogen-bond acceptors (Lipinski definition) is 7. The topological polar surface area (TPSA) is 129 Å². The number of piperidine rings is 1. The van der Waals surface area contributed by atoms with E-state index in [9.17, 15) is 19.2 Å². The second kappa shape index (κ2) is 8.06. The largest absolute Gasteiger partial charge is 0.453 e. The molecule has 10 nitrogen and oxygen atoms in total. The highest BCUT2D eigenvalue weighted by Crippen LogP contribution is 2.37. The van der Waals surface area contributed by atoms with Crippen LogP contribution in [-0.2, 0) is 10.3 Å². The van der Waals surface area contributed by atoms with E-state index >= 15 is 0 Å². The molecule has 4 rings (SSSR count). The molecule has 4 heterocycles. The van der Waals surface area contributed by atoms with Crippen LogP contribution in [0.1, 0.15) is 19.3 Å². The molecule has 3 aromatic rings. The van der Waals surface area contributed by atoms with Crippen molar-refractivity contribution >= 4 is 28.5 Å². The van der Waals surface area contributed by atoms with Gasteiger partial charge in [0.15, 0.2) is 5.82 Å². The van der Waals surface area contributed by atoms with Crippen molar-refractivity contribution in [2.24, 2.45) is 0 Å². The average Bonchev–Trinajstić information content (AvgIpc) is 3.14. The van der Waals surface area contributed by atoms with Crippen LogP contribution in [0.5, 0.6) is 0 Å². The lowest BCUT2D eigenvalue weighted by Crippen LogP contribution is -2.48. The smallest absolute Gasteiger partial charge is 0.409 e. The monoisotopic (exact) mass is 425 g/mol. The number of halogens is 1. The van der Waals surface area contributed by atoms with Crippen molar-refractivity contribution in [1.29, 1.82) is 5.26 Å². The summed E-state index contributed by atoms with van der Waals surface area (Å²) in [5, 5.41) is 17.5. The minimum atomic E-state index is -0.714. The van der Waals surface area contributed by atoms with E-state index in [0.29, 0.717) is 42.5 Å². The molecule has 0 saturated carbocycles. The second-order valence-corrected chi connectivity index (χ2v) is 7.34. The lowest BCUT2D eigenvalue weighted by Gasteiger charge is -2.40. The molecule has 3 aromatic heterocycles. The van der Waals surface area contributed by atoms with Crippen LogP contribution in [0, 0.1) is 17.3 Å². The zero-order chi connectivity index (χ0) is 22.0. The standard InChI is InChI=1S/C20H20FN7O3/c1-31-19(30)27-10-5-20(4-7-22,6-11-27)28-14-3-9-24-18(29)16(14)17(26-28)25-13-2-8-23-15(21)12-13/h2-3,8-9,12H,4-6,10-11H2,1H3,(H,24,29)(H,23,25,26). The zero-order valence-corrected chi connectivity index (χ0v) is 16.8. The molecule has 1 amide bonds. The molecular weight excluding hydrogens is 405 g/mol. The SMILES string of the molecule is COC(=O)N1CCC(CC#N)(n2nc(Nc3ccnc(F)c3)c3c(=O)[nH]ccc32)CC1. The number of carbonyl (C=O) groups excluding carboxylic acids is 1. The fraction of sp³-hybridized carbons (Fsp3) is 0.350. The first-order chi connectivity index (χ1) is 15.0. The van der Waals surface area contributed by atoms with Gasteiger partial charge < -0.3 is 19.9 Å². The summed E-state index contributed by atoms with van der Waals surface area (Å²) < 4.78 is 20.0. The molecule has 1 aliphatic heterocycles. The minimum Gasteiger partial charge on any atom is -0.453 e. The number of ether oxygens (including phenoxy) is 1. The van der Waals surface area contributed by atoms with Crippen molar-refractivity contribution in [1.82, 2.24) is 24.6 Å². The molecule has 1 saturated heterocycles. The molecule has 0 radical (unpaired) electrons. The molecule has 0 aromatic carbocycles. The van der Waals surface area contributed by atoms with Crippen molar-refractivity contribution in [2.45, 2.75) is 24.8 Å². The van der Waals surface area contributed by atoms with Crippen molar-refractivity contribution in [3.8, 4) is 6.07 Å². The highest BCUT2D eigenvalue weighted by molar-refractivity contribution is 5.91. The number of rotatable bonds is 4. The Bertz CT molecular complexity index is 1220. The van der Waals surface area contributed by atoms with E-state index in [0.717, 1.165) is 0 Å². The Morgan fingerprint density at radius 1 is 1.42 bits per heavy atom.